The molecule has 0 unspecified atom stereocenters. The largest absolute Gasteiger partial charge is 0.478 e. The molecule has 9 heteroatoms. The highest BCUT2D eigenvalue weighted by atomic mass is 32.2. The van der Waals surface area contributed by atoms with Crippen LogP contribution in [0.2, 0.25) is 0 Å². The van der Waals surface area contributed by atoms with Gasteiger partial charge in [0, 0.05) is 13.1 Å². The fourth-order valence-corrected chi connectivity index (χ4v) is 2.27. The van der Waals surface area contributed by atoms with Crippen LogP contribution in [0.25, 0.3) is 0 Å². The third-order valence-corrected chi connectivity index (χ3v) is 3.52. The predicted molar refractivity (Wildman–Crippen MR) is 71.2 cm³/mol. The van der Waals surface area contributed by atoms with Gasteiger partial charge >= 0.3 is 5.97 Å². The van der Waals surface area contributed by atoms with Gasteiger partial charge in [0.2, 0.25) is 10.0 Å². The number of carboxylic acids is 1. The minimum Gasteiger partial charge on any atom is -0.478 e. The van der Waals surface area contributed by atoms with E-state index in [-0.39, 0.29) is 42.4 Å². The number of primary sulfonamides is 1. The summed E-state index contributed by atoms with van der Waals surface area (Å²) in [5.74, 6) is -1.33. The molecule has 8 nitrogen and oxygen atoms in total. The molecule has 0 aromatic heterocycles. The SMILES string of the molecule is NS(=O)(=O)c1ccc(N(CCO)CCO)c(C(=O)O)c1. The van der Waals surface area contributed by atoms with E-state index >= 15 is 0 Å². The maximum Gasteiger partial charge on any atom is 0.337 e. The van der Waals surface area contributed by atoms with Crippen molar-refractivity contribution in [3.63, 3.8) is 0 Å². The van der Waals surface area contributed by atoms with Crippen LogP contribution in [0.4, 0.5) is 5.69 Å². The zero-order valence-corrected chi connectivity index (χ0v) is 11.4. The van der Waals surface area contributed by atoms with Crippen LogP contribution < -0.4 is 10.0 Å². The molecule has 0 aliphatic rings. The zero-order chi connectivity index (χ0) is 15.3. The average molecular weight is 304 g/mol. The summed E-state index contributed by atoms with van der Waals surface area (Å²) in [5, 5.41) is 32.0. The molecule has 0 aliphatic heterocycles. The van der Waals surface area contributed by atoms with Gasteiger partial charge in [-0.25, -0.2) is 18.4 Å². The number of carboxylic acid groups (broad SMARTS) is 1. The summed E-state index contributed by atoms with van der Waals surface area (Å²) < 4.78 is 22.5. The van der Waals surface area contributed by atoms with Crippen LogP contribution in [-0.4, -0.2) is 56.0 Å². The average Bonchev–Trinajstić information content (AvgIpc) is 2.36. The van der Waals surface area contributed by atoms with E-state index in [0.29, 0.717) is 0 Å². The summed E-state index contributed by atoms with van der Waals surface area (Å²) in [6.07, 6.45) is 0. The van der Waals surface area contributed by atoms with Crippen molar-refractivity contribution in [3.05, 3.63) is 23.8 Å². The number of sulfonamides is 1. The first-order valence-corrected chi connectivity index (χ1v) is 7.22. The fraction of sp³-hybridized carbons (Fsp3) is 0.364. The first-order chi connectivity index (χ1) is 9.31. The minimum absolute atomic E-state index is 0.107. The molecule has 0 saturated heterocycles. The number of hydrogen-bond donors (Lipinski definition) is 4. The van der Waals surface area contributed by atoms with E-state index in [9.17, 15) is 13.2 Å². The quantitative estimate of drug-likeness (QED) is 0.497. The molecule has 0 atom stereocenters. The Hall–Kier alpha value is -1.68. The molecule has 112 valence electrons. The van der Waals surface area contributed by atoms with Crippen molar-refractivity contribution in [3.8, 4) is 0 Å². The molecule has 0 spiro atoms. The van der Waals surface area contributed by atoms with Crippen molar-refractivity contribution < 1.29 is 28.5 Å². The number of hydrogen-bond acceptors (Lipinski definition) is 6. The summed E-state index contributed by atoms with van der Waals surface area (Å²) >= 11 is 0. The molecule has 0 amide bonds. The first-order valence-electron chi connectivity index (χ1n) is 5.68. The predicted octanol–water partition coefficient (Wildman–Crippen LogP) is -1.18. The van der Waals surface area contributed by atoms with Crippen molar-refractivity contribution >= 4 is 21.7 Å². The fourth-order valence-electron chi connectivity index (χ4n) is 1.73. The van der Waals surface area contributed by atoms with Crippen LogP contribution in [0.5, 0.6) is 0 Å². The van der Waals surface area contributed by atoms with Crippen molar-refractivity contribution in [2.75, 3.05) is 31.2 Å². The number of aliphatic hydroxyl groups is 2. The third kappa shape index (κ3) is 3.90. The van der Waals surface area contributed by atoms with E-state index in [0.717, 1.165) is 6.07 Å². The summed E-state index contributed by atoms with van der Waals surface area (Å²) in [5.41, 5.74) is -0.0635. The Morgan fingerprint density at radius 1 is 1.20 bits per heavy atom. The van der Waals surface area contributed by atoms with Crippen molar-refractivity contribution in [1.29, 1.82) is 0 Å². The topological polar surface area (TPSA) is 141 Å². The van der Waals surface area contributed by atoms with Gasteiger partial charge in [0.15, 0.2) is 0 Å². The van der Waals surface area contributed by atoms with E-state index in [2.05, 4.69) is 0 Å². The number of nitrogens with two attached hydrogens (primary N) is 1. The Labute approximate surface area is 116 Å². The van der Waals surface area contributed by atoms with Gasteiger partial charge in [-0.2, -0.15) is 0 Å². The monoisotopic (exact) mass is 304 g/mol. The normalized spacial score (nSPS) is 11.3. The van der Waals surface area contributed by atoms with Crippen molar-refractivity contribution in [1.82, 2.24) is 0 Å². The summed E-state index contributed by atoms with van der Waals surface area (Å²) in [6.45, 7) is -0.267. The minimum atomic E-state index is -4.01. The molecular formula is C11H16N2O6S. The lowest BCUT2D eigenvalue weighted by Gasteiger charge is -2.24. The second-order valence-electron chi connectivity index (χ2n) is 3.96. The Bertz CT molecular complexity index is 581. The van der Waals surface area contributed by atoms with Gasteiger partial charge in [-0.3, -0.25) is 0 Å². The molecule has 0 radical (unpaired) electrons. The summed E-state index contributed by atoms with van der Waals surface area (Å²) in [7, 11) is -4.01. The molecule has 5 N–H and O–H groups in total. The van der Waals surface area contributed by atoms with Crippen molar-refractivity contribution in [2.24, 2.45) is 5.14 Å². The number of aromatic carboxylic acids is 1. The van der Waals surface area contributed by atoms with E-state index in [4.69, 9.17) is 20.5 Å². The van der Waals surface area contributed by atoms with Gasteiger partial charge in [-0.15, -0.1) is 0 Å². The molecule has 1 rings (SSSR count). The maximum absolute atomic E-state index is 11.2. The highest BCUT2D eigenvalue weighted by Gasteiger charge is 2.19. The molecule has 1 aromatic carbocycles. The Morgan fingerprint density at radius 3 is 2.15 bits per heavy atom. The van der Waals surface area contributed by atoms with Crippen LogP contribution >= 0.6 is 0 Å². The lowest BCUT2D eigenvalue weighted by Crippen LogP contribution is -2.31. The highest BCUT2D eigenvalue weighted by Crippen LogP contribution is 2.23. The van der Waals surface area contributed by atoms with E-state index in [1.807, 2.05) is 0 Å². The summed E-state index contributed by atoms with van der Waals surface area (Å²) in [6, 6.07) is 3.42. The number of nitrogens with zero attached hydrogens (tertiary/aromatic N) is 1. The molecule has 0 fully saturated rings. The smallest absolute Gasteiger partial charge is 0.337 e. The molecule has 20 heavy (non-hydrogen) atoms. The second-order valence-corrected chi connectivity index (χ2v) is 5.52. The van der Waals surface area contributed by atoms with Crippen LogP contribution in [0.1, 0.15) is 10.4 Å². The van der Waals surface area contributed by atoms with Gasteiger partial charge in [0.25, 0.3) is 0 Å². The lowest BCUT2D eigenvalue weighted by atomic mass is 10.1. The second kappa shape index (κ2) is 6.66. The maximum atomic E-state index is 11.2. The van der Waals surface area contributed by atoms with Crippen LogP contribution in [-0.2, 0) is 10.0 Å². The van der Waals surface area contributed by atoms with Crippen LogP contribution in [0.3, 0.4) is 0 Å². The lowest BCUT2D eigenvalue weighted by molar-refractivity contribution is 0.0697. The van der Waals surface area contributed by atoms with Gasteiger partial charge in [-0.1, -0.05) is 0 Å². The van der Waals surface area contributed by atoms with E-state index in [1.165, 1.54) is 17.0 Å². The van der Waals surface area contributed by atoms with Crippen molar-refractivity contribution in [2.45, 2.75) is 4.90 Å². The first kappa shape index (κ1) is 16.4. The number of carbonyl (C=O) groups is 1. The zero-order valence-electron chi connectivity index (χ0n) is 10.6. The molecular weight excluding hydrogens is 288 g/mol. The molecule has 1 aromatic rings. The molecule has 0 heterocycles. The molecule has 0 aliphatic carbocycles. The molecule has 0 saturated carbocycles. The van der Waals surface area contributed by atoms with E-state index in [1.54, 1.807) is 0 Å². The van der Waals surface area contributed by atoms with Gasteiger partial charge in [-0.05, 0) is 18.2 Å². The Kier molecular flexibility index (Phi) is 5.45. The van der Waals surface area contributed by atoms with Crippen LogP contribution in [0, 0.1) is 0 Å². The van der Waals surface area contributed by atoms with Crippen LogP contribution in [0.15, 0.2) is 23.1 Å². The Morgan fingerprint density at radius 2 is 1.75 bits per heavy atom. The van der Waals surface area contributed by atoms with Gasteiger partial charge < -0.3 is 20.2 Å². The number of benzene rings is 1. The van der Waals surface area contributed by atoms with Gasteiger partial charge in [0.1, 0.15) is 0 Å². The van der Waals surface area contributed by atoms with Gasteiger partial charge in [0.05, 0.1) is 29.4 Å². The number of anilines is 1. The highest BCUT2D eigenvalue weighted by molar-refractivity contribution is 7.89. The summed E-state index contributed by atoms with van der Waals surface area (Å²) in [4.78, 5) is 12.4. The number of rotatable bonds is 7. The van der Waals surface area contributed by atoms with E-state index < -0.39 is 16.0 Å². The standard InChI is InChI=1S/C11H16N2O6S/c12-20(18,19)8-1-2-10(9(7-8)11(16)17)13(3-5-14)4-6-15/h1-2,7,14-15H,3-6H2,(H,16,17)(H2,12,18,19). The molecule has 0 bridgehead atoms. The third-order valence-electron chi connectivity index (χ3n) is 2.61. The Balaban J connectivity index is 3.35. The number of aliphatic hydroxyl groups excluding tert-OH is 2.